The number of benzene rings is 1. The third-order valence-electron chi connectivity index (χ3n) is 2.32. The Labute approximate surface area is 116 Å². The number of anilines is 1. The number of carbonyl (C=O) groups excluding carboxylic acids is 2. The number of amides is 2. The lowest BCUT2D eigenvalue weighted by atomic mass is 10.3. The first-order valence-corrected chi connectivity index (χ1v) is 7.07. The van der Waals surface area contributed by atoms with Crippen LogP contribution < -0.4 is 15.8 Å². The number of primary amides is 1. The zero-order chi connectivity index (χ0) is 14.1. The normalized spacial score (nSPS) is 9.95. The Bertz CT molecular complexity index is 420. The van der Waals surface area contributed by atoms with E-state index in [0.29, 0.717) is 18.6 Å². The molecule has 0 spiro atoms. The first-order valence-electron chi connectivity index (χ1n) is 5.92. The van der Waals surface area contributed by atoms with E-state index < -0.39 is 0 Å². The van der Waals surface area contributed by atoms with Crippen molar-refractivity contribution in [3.05, 3.63) is 24.3 Å². The first kappa shape index (κ1) is 15.4. The molecular formula is C13H18N2O3S. The fraction of sp³-hybridized carbons (Fsp3) is 0.385. The van der Waals surface area contributed by atoms with E-state index in [4.69, 9.17) is 10.5 Å². The zero-order valence-corrected chi connectivity index (χ0v) is 11.7. The number of rotatable bonds is 8. The van der Waals surface area contributed by atoms with Gasteiger partial charge in [-0.25, -0.2) is 0 Å². The summed E-state index contributed by atoms with van der Waals surface area (Å²) in [5, 5.41) is 2.79. The van der Waals surface area contributed by atoms with Gasteiger partial charge >= 0.3 is 0 Å². The molecule has 19 heavy (non-hydrogen) atoms. The summed E-state index contributed by atoms with van der Waals surface area (Å²) in [6, 6.07) is 7.15. The Morgan fingerprint density at radius 1 is 1.32 bits per heavy atom. The highest BCUT2D eigenvalue weighted by molar-refractivity contribution is 7.99. The van der Waals surface area contributed by atoms with Crippen LogP contribution in [-0.4, -0.2) is 30.4 Å². The van der Waals surface area contributed by atoms with Gasteiger partial charge in [0.2, 0.25) is 11.8 Å². The van der Waals surface area contributed by atoms with Gasteiger partial charge in [0.05, 0.1) is 12.9 Å². The lowest BCUT2D eigenvalue weighted by Crippen LogP contribution is -2.14. The van der Waals surface area contributed by atoms with E-state index >= 15 is 0 Å². The second-order valence-electron chi connectivity index (χ2n) is 3.90. The minimum absolute atomic E-state index is 0.0609. The number of nitrogens with one attached hydrogen (secondary N) is 1. The van der Waals surface area contributed by atoms with Gasteiger partial charge < -0.3 is 15.8 Å². The van der Waals surface area contributed by atoms with Gasteiger partial charge in [-0.1, -0.05) is 0 Å². The minimum Gasteiger partial charge on any atom is -0.497 e. The van der Waals surface area contributed by atoms with Crippen LogP contribution in [0.1, 0.15) is 12.8 Å². The molecule has 1 rings (SSSR count). The third-order valence-corrected chi connectivity index (χ3v) is 3.36. The molecule has 2 amide bonds. The lowest BCUT2D eigenvalue weighted by Gasteiger charge is -2.06. The fourth-order valence-electron chi connectivity index (χ4n) is 1.38. The summed E-state index contributed by atoms with van der Waals surface area (Å²) < 4.78 is 5.03. The van der Waals surface area contributed by atoms with Crippen LogP contribution in [0.4, 0.5) is 5.69 Å². The van der Waals surface area contributed by atoms with E-state index in [9.17, 15) is 9.59 Å². The number of hydrogen-bond donors (Lipinski definition) is 2. The molecule has 0 aliphatic carbocycles. The van der Waals surface area contributed by atoms with Gasteiger partial charge in [0, 0.05) is 12.1 Å². The summed E-state index contributed by atoms with van der Waals surface area (Å²) in [5.74, 6) is 1.50. The Morgan fingerprint density at radius 3 is 2.58 bits per heavy atom. The van der Waals surface area contributed by atoms with Crippen molar-refractivity contribution in [3.8, 4) is 5.75 Å². The highest BCUT2D eigenvalue weighted by Gasteiger charge is 2.03. The maximum Gasteiger partial charge on any atom is 0.234 e. The Balaban J connectivity index is 2.21. The molecule has 1 aromatic rings. The average Bonchev–Trinajstić information content (AvgIpc) is 2.39. The largest absolute Gasteiger partial charge is 0.497 e. The summed E-state index contributed by atoms with van der Waals surface area (Å²) in [7, 11) is 1.59. The molecule has 0 aromatic heterocycles. The van der Waals surface area contributed by atoms with Crippen LogP contribution in [0.25, 0.3) is 0 Å². The van der Waals surface area contributed by atoms with Gasteiger partial charge in [0.1, 0.15) is 5.75 Å². The molecule has 0 atom stereocenters. The van der Waals surface area contributed by atoms with Gasteiger partial charge in [-0.2, -0.15) is 11.8 Å². The van der Waals surface area contributed by atoms with Crippen molar-refractivity contribution in [2.75, 3.05) is 23.9 Å². The van der Waals surface area contributed by atoms with E-state index in [1.807, 2.05) is 0 Å². The predicted octanol–water partition coefficient (Wildman–Crippen LogP) is 1.63. The van der Waals surface area contributed by atoms with Crippen LogP contribution in [-0.2, 0) is 9.59 Å². The van der Waals surface area contributed by atoms with Crippen molar-refractivity contribution in [2.45, 2.75) is 12.8 Å². The summed E-state index contributed by atoms with van der Waals surface area (Å²) in [5.41, 5.74) is 5.76. The van der Waals surface area contributed by atoms with Gasteiger partial charge in [-0.3, -0.25) is 9.59 Å². The smallest absolute Gasteiger partial charge is 0.234 e. The molecule has 0 aliphatic rings. The molecule has 3 N–H and O–H groups in total. The van der Waals surface area contributed by atoms with Crippen LogP contribution in [0.2, 0.25) is 0 Å². The first-order chi connectivity index (χ1) is 9.11. The van der Waals surface area contributed by atoms with Crippen LogP contribution in [0.15, 0.2) is 24.3 Å². The number of hydrogen-bond acceptors (Lipinski definition) is 4. The maximum absolute atomic E-state index is 11.6. The summed E-state index contributed by atoms with van der Waals surface area (Å²) in [6.45, 7) is 0. The second kappa shape index (κ2) is 8.42. The fourth-order valence-corrected chi connectivity index (χ4v) is 2.14. The molecule has 6 heteroatoms. The standard InChI is InChI=1S/C13H18N2O3S/c1-18-11-6-4-10(5-7-11)15-13(17)9-19-8-2-3-12(14)16/h4-7H,2-3,8-9H2,1H3,(H2,14,16)(H,15,17). The molecule has 0 saturated heterocycles. The molecule has 0 fully saturated rings. The predicted molar refractivity (Wildman–Crippen MR) is 77.4 cm³/mol. The maximum atomic E-state index is 11.6. The van der Waals surface area contributed by atoms with Crippen LogP contribution in [0.5, 0.6) is 5.75 Å². The summed E-state index contributed by atoms with van der Waals surface area (Å²) >= 11 is 1.49. The molecular weight excluding hydrogens is 264 g/mol. The second-order valence-corrected chi connectivity index (χ2v) is 5.00. The van der Waals surface area contributed by atoms with Crippen molar-refractivity contribution in [1.82, 2.24) is 0 Å². The molecule has 0 radical (unpaired) electrons. The topological polar surface area (TPSA) is 81.4 Å². The van der Waals surface area contributed by atoms with E-state index in [2.05, 4.69) is 5.32 Å². The molecule has 1 aromatic carbocycles. The van der Waals surface area contributed by atoms with E-state index in [1.165, 1.54) is 11.8 Å². The molecule has 0 aliphatic heterocycles. The van der Waals surface area contributed by atoms with Gasteiger partial charge in [-0.15, -0.1) is 0 Å². The van der Waals surface area contributed by atoms with E-state index in [0.717, 1.165) is 17.2 Å². The van der Waals surface area contributed by atoms with Crippen molar-refractivity contribution < 1.29 is 14.3 Å². The summed E-state index contributed by atoms with van der Waals surface area (Å²) in [6.07, 6.45) is 1.07. The Kier molecular flexibility index (Phi) is 6.81. The van der Waals surface area contributed by atoms with Crippen molar-refractivity contribution in [1.29, 1.82) is 0 Å². The molecule has 104 valence electrons. The van der Waals surface area contributed by atoms with Crippen LogP contribution in [0.3, 0.4) is 0 Å². The van der Waals surface area contributed by atoms with E-state index in [-0.39, 0.29) is 11.8 Å². The Hall–Kier alpha value is -1.69. The summed E-state index contributed by atoms with van der Waals surface area (Å²) in [4.78, 5) is 22.1. The van der Waals surface area contributed by atoms with E-state index in [1.54, 1.807) is 31.4 Å². The van der Waals surface area contributed by atoms with Crippen LogP contribution in [0, 0.1) is 0 Å². The van der Waals surface area contributed by atoms with Gasteiger partial charge in [0.15, 0.2) is 0 Å². The monoisotopic (exact) mass is 282 g/mol. The third kappa shape index (κ3) is 6.71. The quantitative estimate of drug-likeness (QED) is 0.710. The Morgan fingerprint density at radius 2 is 2.00 bits per heavy atom. The van der Waals surface area contributed by atoms with Crippen molar-refractivity contribution in [3.63, 3.8) is 0 Å². The number of ether oxygens (including phenoxy) is 1. The molecule has 5 nitrogen and oxygen atoms in total. The van der Waals surface area contributed by atoms with Gasteiger partial charge in [-0.05, 0) is 36.4 Å². The van der Waals surface area contributed by atoms with Gasteiger partial charge in [0.25, 0.3) is 0 Å². The minimum atomic E-state index is -0.303. The van der Waals surface area contributed by atoms with Crippen molar-refractivity contribution >= 4 is 29.3 Å². The number of nitrogens with two attached hydrogens (primary N) is 1. The van der Waals surface area contributed by atoms with Crippen LogP contribution >= 0.6 is 11.8 Å². The average molecular weight is 282 g/mol. The SMILES string of the molecule is COc1ccc(NC(=O)CSCCCC(N)=O)cc1. The molecule has 0 heterocycles. The number of thioether (sulfide) groups is 1. The molecule has 0 bridgehead atoms. The highest BCUT2D eigenvalue weighted by Crippen LogP contribution is 2.15. The van der Waals surface area contributed by atoms with Crippen molar-refractivity contribution in [2.24, 2.45) is 5.73 Å². The number of methoxy groups -OCH3 is 1. The number of carbonyl (C=O) groups is 2. The molecule has 0 saturated carbocycles. The zero-order valence-electron chi connectivity index (χ0n) is 10.8. The lowest BCUT2D eigenvalue weighted by molar-refractivity contribution is -0.118. The molecule has 0 unspecified atom stereocenters. The highest BCUT2D eigenvalue weighted by atomic mass is 32.2.